The van der Waals surface area contributed by atoms with Gasteiger partial charge in [-0.25, -0.2) is 4.98 Å². The molecule has 1 aliphatic rings. The third-order valence-corrected chi connectivity index (χ3v) is 14.6. The molecule has 212 valence electrons. The van der Waals surface area contributed by atoms with Crippen molar-refractivity contribution in [2.75, 3.05) is 0 Å². The van der Waals surface area contributed by atoms with Gasteiger partial charge in [0, 0.05) is 18.6 Å². The van der Waals surface area contributed by atoms with Crippen molar-refractivity contribution >= 4 is 41.5 Å². The van der Waals surface area contributed by atoms with E-state index < -0.39 is 8.07 Å². The molecular weight excluding hydrogens is 535 g/mol. The Morgan fingerprint density at radius 3 is 1.33 bits per heavy atom. The second kappa shape index (κ2) is 14.2. The average Bonchev–Trinajstić information content (AvgIpc) is 3.82. The molecule has 6 aromatic rings. The average molecular weight is 575 g/mol. The lowest BCUT2D eigenvalue weighted by atomic mass is 9.37. The van der Waals surface area contributed by atoms with Gasteiger partial charge in [-0.3, -0.25) is 0 Å². The van der Waals surface area contributed by atoms with Crippen LogP contribution in [0.25, 0.3) is 0 Å². The quantitative estimate of drug-likeness (QED) is 0.209. The molecule has 2 nitrogen and oxygen atoms in total. The van der Waals surface area contributed by atoms with Gasteiger partial charge in [0.2, 0.25) is 6.71 Å². The van der Waals surface area contributed by atoms with Gasteiger partial charge in [0.05, 0.1) is 6.33 Å². The van der Waals surface area contributed by atoms with Crippen LogP contribution in [-0.2, 0) is 6.17 Å². The lowest BCUT2D eigenvalue weighted by Gasteiger charge is -2.38. The van der Waals surface area contributed by atoms with Gasteiger partial charge in [-0.1, -0.05) is 204 Å². The summed E-state index contributed by atoms with van der Waals surface area (Å²) in [7, 11) is -1.90. The van der Waals surface area contributed by atoms with E-state index in [0.29, 0.717) is 6.71 Å². The third kappa shape index (κ3) is 6.65. The predicted molar refractivity (Wildman–Crippen MR) is 186 cm³/mol. The van der Waals surface area contributed by atoms with Crippen molar-refractivity contribution in [1.82, 2.24) is 9.55 Å². The summed E-state index contributed by atoms with van der Waals surface area (Å²) < 4.78 is 2.31. The zero-order valence-electron chi connectivity index (χ0n) is 24.8. The van der Waals surface area contributed by atoms with E-state index in [0.717, 1.165) is 11.7 Å². The molecule has 43 heavy (non-hydrogen) atoms. The third-order valence-electron chi connectivity index (χ3n) is 9.02. The molecule has 0 N–H and O–H groups in total. The summed E-state index contributed by atoms with van der Waals surface area (Å²) >= 11 is 0. The van der Waals surface area contributed by atoms with Gasteiger partial charge in [0.15, 0.2) is 0 Å². The van der Waals surface area contributed by atoms with E-state index in [1.165, 1.54) is 42.1 Å². The van der Waals surface area contributed by atoms with Crippen LogP contribution < -0.4 is 26.8 Å². The van der Waals surface area contributed by atoms with E-state index in [2.05, 4.69) is 167 Å². The Kier molecular flexibility index (Phi) is 9.46. The molecule has 0 bridgehead atoms. The minimum atomic E-state index is -1.90. The Hall–Kier alpha value is -4.41. The van der Waals surface area contributed by atoms with E-state index >= 15 is 0 Å². The monoisotopic (exact) mass is 574 g/mol. The number of hydrogen-bond acceptors (Lipinski definition) is 1. The van der Waals surface area contributed by atoms with Crippen LogP contribution in [0.5, 0.6) is 0 Å². The van der Waals surface area contributed by atoms with Crippen LogP contribution in [0.4, 0.5) is 0 Å². The number of hydrogen-bond donors (Lipinski definition) is 0. The van der Waals surface area contributed by atoms with Crippen molar-refractivity contribution in [3.8, 4) is 0 Å². The Labute approximate surface area is 258 Å². The fraction of sp³-hybridized carbons (Fsp3) is 0.154. The van der Waals surface area contributed by atoms with Crippen molar-refractivity contribution in [2.45, 2.75) is 37.4 Å². The minimum absolute atomic E-state index is 0.309. The summed E-state index contributed by atoms with van der Waals surface area (Å²) in [5.74, 6) is 0. The number of rotatable bonds is 8. The maximum absolute atomic E-state index is 4.31. The number of benzene rings is 5. The van der Waals surface area contributed by atoms with Gasteiger partial charge in [-0.2, -0.15) is 0 Å². The number of imidazole rings is 1. The molecule has 0 saturated heterocycles. The Morgan fingerprint density at radius 1 is 0.558 bits per heavy atom. The van der Waals surface area contributed by atoms with E-state index in [-0.39, 0.29) is 0 Å². The van der Waals surface area contributed by atoms with Crippen molar-refractivity contribution in [1.29, 1.82) is 0 Å². The summed E-state index contributed by atoms with van der Waals surface area (Å²) in [6.45, 7) is 0.309. The lowest BCUT2D eigenvalue weighted by Crippen LogP contribution is -2.64. The van der Waals surface area contributed by atoms with E-state index in [9.17, 15) is 0 Å². The number of nitrogens with zero attached hydrogens (tertiary/aromatic N) is 2. The molecule has 1 aliphatic carbocycles. The molecule has 5 aromatic carbocycles. The maximum Gasteiger partial charge on any atom is 0.241 e. The first-order valence-corrected chi connectivity index (χ1v) is 17.8. The van der Waals surface area contributed by atoms with Crippen molar-refractivity contribution in [3.63, 3.8) is 0 Å². The van der Waals surface area contributed by atoms with Crippen LogP contribution in [0.3, 0.4) is 0 Å². The zero-order valence-corrected chi connectivity index (χ0v) is 25.8. The van der Waals surface area contributed by atoms with Gasteiger partial charge in [0.25, 0.3) is 0 Å². The molecule has 0 radical (unpaired) electrons. The van der Waals surface area contributed by atoms with Crippen LogP contribution in [0.15, 0.2) is 170 Å². The normalized spacial score (nSPS) is 13.2. The van der Waals surface area contributed by atoms with Gasteiger partial charge in [-0.05, 0) is 5.54 Å². The van der Waals surface area contributed by atoms with Crippen LogP contribution >= 0.6 is 0 Å². The summed E-state index contributed by atoms with van der Waals surface area (Å²) in [6.07, 6.45) is 12.6. The summed E-state index contributed by atoms with van der Waals surface area (Å²) in [5.41, 5.74) is 4.81. The molecule has 7 rings (SSSR count). The SMILES string of the molecule is c1ccc(B(c2ccccc2)c2ccccc2)cc1.c1ccc([Si](Cn2ccnc2)(c2ccccc2)C2CCCC2)cc1. The van der Waals surface area contributed by atoms with Crippen molar-refractivity contribution in [3.05, 3.63) is 170 Å². The molecule has 0 spiro atoms. The molecule has 1 heterocycles. The van der Waals surface area contributed by atoms with Gasteiger partial charge in [-0.15, -0.1) is 0 Å². The molecule has 0 atom stereocenters. The second-order valence-corrected chi connectivity index (χ2v) is 15.8. The van der Waals surface area contributed by atoms with E-state index in [1.807, 2.05) is 12.5 Å². The highest BCUT2D eigenvalue weighted by atomic mass is 28.3. The highest BCUT2D eigenvalue weighted by Gasteiger charge is 2.45. The van der Waals surface area contributed by atoms with Gasteiger partial charge < -0.3 is 4.57 Å². The predicted octanol–water partition coefficient (Wildman–Crippen LogP) is 5.83. The van der Waals surface area contributed by atoms with Gasteiger partial charge in [0.1, 0.15) is 8.07 Å². The van der Waals surface area contributed by atoms with Gasteiger partial charge >= 0.3 is 0 Å². The lowest BCUT2D eigenvalue weighted by molar-refractivity contribution is 0.782. The highest BCUT2D eigenvalue weighted by Crippen LogP contribution is 2.39. The minimum Gasteiger partial charge on any atom is -0.340 e. The largest absolute Gasteiger partial charge is 0.340 e. The van der Waals surface area contributed by atoms with Crippen LogP contribution in [-0.4, -0.2) is 24.3 Å². The standard InChI is InChI=1S/C21H24N2Si.C18H15B/c1-3-9-19(10-4-1)24(21-13-7-8-14-21,18-23-16-15-22-17-23)20-11-5-2-6-12-20;1-4-10-16(11-5-1)19(17-12-6-2-7-13-17)18-14-8-3-9-15-18/h1-6,9-12,15-17,21H,7-8,13-14,18H2;1-15H. The summed E-state index contributed by atoms with van der Waals surface area (Å²) in [4.78, 5) is 4.31. The molecular formula is C39H39BN2Si. The zero-order chi connectivity index (χ0) is 29.2. The second-order valence-electron chi connectivity index (χ2n) is 11.6. The summed E-state index contributed by atoms with van der Waals surface area (Å²) in [6, 6.07) is 54.6. The molecule has 1 aromatic heterocycles. The summed E-state index contributed by atoms with van der Waals surface area (Å²) in [5, 5.41) is 3.13. The Balaban J connectivity index is 0.000000157. The fourth-order valence-corrected chi connectivity index (χ4v) is 12.7. The van der Waals surface area contributed by atoms with Crippen molar-refractivity contribution < 1.29 is 0 Å². The molecule has 0 unspecified atom stereocenters. The van der Waals surface area contributed by atoms with Crippen molar-refractivity contribution in [2.24, 2.45) is 0 Å². The molecule has 1 saturated carbocycles. The first-order chi connectivity index (χ1) is 21.3. The molecule has 1 fully saturated rings. The number of aromatic nitrogens is 2. The maximum atomic E-state index is 4.31. The van der Waals surface area contributed by atoms with E-state index in [1.54, 1.807) is 10.4 Å². The molecule has 0 amide bonds. The van der Waals surface area contributed by atoms with Crippen LogP contribution in [0.2, 0.25) is 5.54 Å². The molecule has 0 aliphatic heterocycles. The van der Waals surface area contributed by atoms with E-state index in [4.69, 9.17) is 0 Å². The Morgan fingerprint density at radius 2 is 0.953 bits per heavy atom. The topological polar surface area (TPSA) is 17.8 Å². The molecule has 4 heteroatoms. The van der Waals surface area contributed by atoms with Crippen LogP contribution in [0, 0.1) is 0 Å². The first kappa shape index (κ1) is 28.7. The first-order valence-electron chi connectivity index (χ1n) is 15.6. The fourth-order valence-electron chi connectivity index (χ4n) is 7.02. The highest BCUT2D eigenvalue weighted by molar-refractivity contribution is 7.02. The van der Waals surface area contributed by atoms with Crippen LogP contribution in [0.1, 0.15) is 25.7 Å². The Bertz CT molecular complexity index is 1490. The smallest absolute Gasteiger partial charge is 0.241 e.